The summed E-state index contributed by atoms with van der Waals surface area (Å²) in [5.41, 5.74) is 3.05. The van der Waals surface area contributed by atoms with Gasteiger partial charge in [0.1, 0.15) is 16.5 Å². The number of hydrogen-bond donors (Lipinski definition) is 0. The Morgan fingerprint density at radius 1 is 0.969 bits per heavy atom. The topological polar surface area (TPSA) is 75.6 Å². The fourth-order valence-electron chi connectivity index (χ4n) is 3.71. The minimum atomic E-state index is -3.88. The van der Waals surface area contributed by atoms with Crippen molar-refractivity contribution in [3.05, 3.63) is 66.0 Å². The highest BCUT2D eigenvalue weighted by Crippen LogP contribution is 2.29. The van der Waals surface area contributed by atoms with Crippen LogP contribution in [0.1, 0.15) is 12.5 Å². The number of anilines is 1. The van der Waals surface area contributed by atoms with E-state index in [4.69, 9.17) is 4.74 Å². The predicted molar refractivity (Wildman–Crippen MR) is 121 cm³/mol. The van der Waals surface area contributed by atoms with Gasteiger partial charge in [-0.2, -0.15) is 4.31 Å². The van der Waals surface area contributed by atoms with E-state index in [0.29, 0.717) is 18.9 Å². The number of rotatable bonds is 6. The van der Waals surface area contributed by atoms with Crippen LogP contribution in [0.15, 0.2) is 59.5 Å². The SMILES string of the molecule is CCc1ccc(-c2ccc(N3CCN(S(=O)(=O)c4cc(F)ccc4OC)CC3)nn2)cc1. The van der Waals surface area contributed by atoms with Crippen molar-refractivity contribution < 1.29 is 17.5 Å². The highest BCUT2D eigenvalue weighted by Gasteiger charge is 2.31. The molecule has 0 saturated carbocycles. The highest BCUT2D eigenvalue weighted by molar-refractivity contribution is 7.89. The molecule has 1 fully saturated rings. The first-order chi connectivity index (χ1) is 15.4. The molecule has 1 saturated heterocycles. The van der Waals surface area contributed by atoms with Crippen molar-refractivity contribution in [3.63, 3.8) is 0 Å². The number of ether oxygens (including phenoxy) is 1. The molecule has 0 amide bonds. The molecular weight excluding hydrogens is 431 g/mol. The monoisotopic (exact) mass is 456 g/mol. The summed E-state index contributed by atoms with van der Waals surface area (Å²) in [6.45, 7) is 3.53. The van der Waals surface area contributed by atoms with Crippen LogP contribution in [0.5, 0.6) is 5.75 Å². The Labute approximate surface area is 187 Å². The quantitative estimate of drug-likeness (QED) is 0.566. The van der Waals surface area contributed by atoms with E-state index in [2.05, 4.69) is 29.3 Å². The van der Waals surface area contributed by atoms with E-state index in [1.54, 1.807) is 0 Å². The van der Waals surface area contributed by atoms with E-state index in [9.17, 15) is 12.8 Å². The lowest BCUT2D eigenvalue weighted by Crippen LogP contribution is -2.49. The van der Waals surface area contributed by atoms with E-state index in [1.807, 2.05) is 29.2 Å². The van der Waals surface area contributed by atoms with Gasteiger partial charge in [0.2, 0.25) is 10.0 Å². The maximum atomic E-state index is 13.7. The third kappa shape index (κ3) is 4.44. The fourth-order valence-corrected chi connectivity index (χ4v) is 5.30. The van der Waals surface area contributed by atoms with Crippen LogP contribution < -0.4 is 9.64 Å². The molecule has 0 spiro atoms. The molecule has 2 heterocycles. The number of nitrogens with zero attached hydrogens (tertiary/aromatic N) is 4. The van der Waals surface area contributed by atoms with E-state index in [-0.39, 0.29) is 23.7 Å². The average Bonchev–Trinajstić information content (AvgIpc) is 2.84. The van der Waals surface area contributed by atoms with Gasteiger partial charge in [0.25, 0.3) is 0 Å². The summed E-state index contributed by atoms with van der Waals surface area (Å²) in [5, 5.41) is 8.69. The number of piperazine rings is 1. The summed E-state index contributed by atoms with van der Waals surface area (Å²) in [6.07, 6.45) is 0.985. The molecule has 7 nitrogen and oxygen atoms in total. The molecule has 0 aliphatic carbocycles. The standard InChI is InChI=1S/C23H25FN4O3S/c1-3-17-4-6-18(7-5-17)20-9-11-23(26-25-20)27-12-14-28(15-13-27)32(29,30)22-16-19(24)8-10-21(22)31-2/h4-11,16H,3,12-15H2,1-2H3. The summed E-state index contributed by atoms with van der Waals surface area (Å²) in [7, 11) is -2.51. The molecule has 0 atom stereocenters. The molecule has 0 N–H and O–H groups in total. The van der Waals surface area contributed by atoms with Crippen molar-refractivity contribution in [3.8, 4) is 17.0 Å². The summed E-state index contributed by atoms with van der Waals surface area (Å²) >= 11 is 0. The molecule has 32 heavy (non-hydrogen) atoms. The van der Waals surface area contributed by atoms with Crippen LogP contribution in [0.25, 0.3) is 11.3 Å². The number of hydrogen-bond acceptors (Lipinski definition) is 6. The van der Waals surface area contributed by atoms with Gasteiger partial charge >= 0.3 is 0 Å². The Morgan fingerprint density at radius 3 is 2.28 bits per heavy atom. The van der Waals surface area contributed by atoms with Gasteiger partial charge in [-0.1, -0.05) is 31.2 Å². The minimum Gasteiger partial charge on any atom is -0.495 e. The predicted octanol–water partition coefficient (Wildman–Crippen LogP) is 3.36. The number of benzene rings is 2. The molecule has 1 aliphatic heterocycles. The number of halogens is 1. The Morgan fingerprint density at radius 2 is 1.69 bits per heavy atom. The van der Waals surface area contributed by atoms with Crippen LogP contribution in [-0.2, 0) is 16.4 Å². The lowest BCUT2D eigenvalue weighted by atomic mass is 10.1. The number of aromatic nitrogens is 2. The largest absolute Gasteiger partial charge is 0.495 e. The molecule has 4 rings (SSSR count). The first-order valence-corrected chi connectivity index (χ1v) is 11.9. The summed E-state index contributed by atoms with van der Waals surface area (Å²) in [4.78, 5) is 1.83. The molecule has 0 unspecified atom stereocenters. The fraction of sp³-hybridized carbons (Fsp3) is 0.304. The molecule has 3 aromatic rings. The molecule has 0 bridgehead atoms. The van der Waals surface area contributed by atoms with Crippen LogP contribution in [-0.4, -0.2) is 56.2 Å². The van der Waals surface area contributed by atoms with Crippen LogP contribution in [0, 0.1) is 5.82 Å². The van der Waals surface area contributed by atoms with E-state index >= 15 is 0 Å². The first kappa shape index (κ1) is 22.2. The second-order valence-electron chi connectivity index (χ2n) is 7.51. The lowest BCUT2D eigenvalue weighted by molar-refractivity contribution is 0.372. The van der Waals surface area contributed by atoms with Crippen molar-refractivity contribution in [1.29, 1.82) is 0 Å². The van der Waals surface area contributed by atoms with Gasteiger partial charge in [0.05, 0.1) is 12.8 Å². The number of methoxy groups -OCH3 is 1. The van der Waals surface area contributed by atoms with Crippen molar-refractivity contribution >= 4 is 15.8 Å². The third-order valence-corrected chi connectivity index (χ3v) is 7.53. The molecule has 1 aromatic heterocycles. The second kappa shape index (κ2) is 9.22. The Bertz CT molecular complexity index is 1180. The Kier molecular flexibility index (Phi) is 6.38. The Hall–Kier alpha value is -3.04. The summed E-state index contributed by atoms with van der Waals surface area (Å²) in [6, 6.07) is 15.6. The zero-order valence-corrected chi connectivity index (χ0v) is 18.8. The zero-order valence-electron chi connectivity index (χ0n) is 18.0. The van der Waals surface area contributed by atoms with Gasteiger partial charge in [-0.3, -0.25) is 0 Å². The maximum Gasteiger partial charge on any atom is 0.246 e. The van der Waals surface area contributed by atoms with Crippen LogP contribution in [0.3, 0.4) is 0 Å². The molecular formula is C23H25FN4O3S. The molecule has 1 aliphatic rings. The van der Waals surface area contributed by atoms with Gasteiger partial charge in [0, 0.05) is 31.7 Å². The highest BCUT2D eigenvalue weighted by atomic mass is 32.2. The van der Waals surface area contributed by atoms with Crippen molar-refractivity contribution in [2.45, 2.75) is 18.2 Å². The molecule has 0 radical (unpaired) electrons. The minimum absolute atomic E-state index is 0.127. The van der Waals surface area contributed by atoms with Crippen LogP contribution in [0.2, 0.25) is 0 Å². The second-order valence-corrected chi connectivity index (χ2v) is 9.42. The van der Waals surface area contributed by atoms with Crippen molar-refractivity contribution in [2.24, 2.45) is 0 Å². The van der Waals surface area contributed by atoms with E-state index in [1.165, 1.54) is 29.1 Å². The van der Waals surface area contributed by atoms with Gasteiger partial charge in [-0.15, -0.1) is 10.2 Å². The molecule has 2 aromatic carbocycles. The van der Waals surface area contributed by atoms with Gasteiger partial charge in [-0.05, 0) is 42.3 Å². The maximum absolute atomic E-state index is 13.7. The van der Waals surface area contributed by atoms with Crippen molar-refractivity contribution in [2.75, 3.05) is 38.2 Å². The van der Waals surface area contributed by atoms with Crippen LogP contribution >= 0.6 is 0 Å². The van der Waals surface area contributed by atoms with Gasteiger partial charge in [-0.25, -0.2) is 12.8 Å². The smallest absolute Gasteiger partial charge is 0.246 e. The van der Waals surface area contributed by atoms with Gasteiger partial charge in [0.15, 0.2) is 5.82 Å². The normalized spacial score (nSPS) is 15.0. The zero-order chi connectivity index (χ0) is 22.7. The van der Waals surface area contributed by atoms with Gasteiger partial charge < -0.3 is 9.64 Å². The number of aryl methyl sites for hydroxylation is 1. The Balaban J connectivity index is 1.45. The lowest BCUT2D eigenvalue weighted by Gasteiger charge is -2.34. The number of sulfonamides is 1. The van der Waals surface area contributed by atoms with Crippen LogP contribution in [0.4, 0.5) is 10.2 Å². The van der Waals surface area contributed by atoms with E-state index in [0.717, 1.165) is 23.7 Å². The van der Waals surface area contributed by atoms with Crippen molar-refractivity contribution in [1.82, 2.24) is 14.5 Å². The average molecular weight is 457 g/mol. The summed E-state index contributed by atoms with van der Waals surface area (Å²) < 4.78 is 46.3. The molecule has 9 heteroatoms. The summed E-state index contributed by atoms with van der Waals surface area (Å²) in [5.74, 6) is 0.198. The third-order valence-electron chi connectivity index (χ3n) is 5.61. The first-order valence-electron chi connectivity index (χ1n) is 10.4. The molecule has 168 valence electrons. The van der Waals surface area contributed by atoms with E-state index < -0.39 is 15.8 Å².